The Morgan fingerprint density at radius 1 is 1.24 bits per heavy atom. The molecule has 1 aliphatic heterocycles. The molecule has 0 spiro atoms. The maximum atomic E-state index is 16.1. The first kappa shape index (κ1) is 21.9. The third kappa shape index (κ3) is 3.95. The summed E-state index contributed by atoms with van der Waals surface area (Å²) in [5, 5.41) is 0.665. The van der Waals surface area contributed by atoms with E-state index < -0.39 is 5.83 Å². The monoisotopic (exact) mass is 467 g/mol. The van der Waals surface area contributed by atoms with Crippen LogP contribution in [0.4, 0.5) is 10.2 Å². The maximum Gasteiger partial charge on any atom is 0.177 e. The van der Waals surface area contributed by atoms with Gasteiger partial charge in [0, 0.05) is 29.4 Å². The molecule has 3 aromatic rings. The zero-order valence-electron chi connectivity index (χ0n) is 18.5. The normalized spacial score (nSPS) is 17.9. The van der Waals surface area contributed by atoms with Gasteiger partial charge in [-0.1, -0.05) is 85.1 Å². The van der Waals surface area contributed by atoms with Crippen LogP contribution in [-0.2, 0) is 0 Å². The number of aliphatic imine (C=N–C) groups is 1. The maximum absolute atomic E-state index is 16.1. The average molecular weight is 468 g/mol. The Morgan fingerprint density at radius 3 is 2.85 bits per heavy atom. The predicted octanol–water partition coefficient (Wildman–Crippen LogP) is 6.41. The molecule has 7 heteroatoms. The Hall–Kier alpha value is -3.97. The second kappa shape index (κ2) is 9.11. The molecule has 0 saturated carbocycles. The van der Waals surface area contributed by atoms with Crippen LogP contribution in [0.25, 0.3) is 16.8 Å². The predicted molar refractivity (Wildman–Crippen MR) is 139 cm³/mol. The molecule has 1 aromatic carbocycles. The number of halogens is 1. The van der Waals surface area contributed by atoms with Crippen molar-refractivity contribution in [2.24, 2.45) is 10.9 Å². The van der Waals surface area contributed by atoms with Crippen LogP contribution < -0.4 is 5.73 Å². The number of aromatic nitrogens is 3. The molecule has 0 amide bonds. The first-order valence-electron chi connectivity index (χ1n) is 10.8. The highest BCUT2D eigenvalue weighted by Crippen LogP contribution is 2.38. The van der Waals surface area contributed by atoms with Gasteiger partial charge >= 0.3 is 0 Å². The number of fused-ring (bicyclic) bond motifs is 2. The fourth-order valence-electron chi connectivity index (χ4n) is 3.95. The van der Waals surface area contributed by atoms with Crippen molar-refractivity contribution >= 4 is 40.1 Å². The van der Waals surface area contributed by atoms with Gasteiger partial charge in [-0.2, -0.15) is 0 Å². The molecule has 0 bridgehead atoms. The van der Waals surface area contributed by atoms with Crippen molar-refractivity contribution in [3.63, 3.8) is 0 Å². The number of benzene rings is 1. The zero-order chi connectivity index (χ0) is 23.7. The third-order valence-electron chi connectivity index (χ3n) is 5.54. The van der Waals surface area contributed by atoms with E-state index in [0.717, 1.165) is 10.5 Å². The van der Waals surface area contributed by atoms with E-state index >= 15 is 4.39 Å². The Morgan fingerprint density at radius 2 is 2.06 bits per heavy atom. The van der Waals surface area contributed by atoms with E-state index in [1.807, 2.05) is 72.0 Å². The largest absolute Gasteiger partial charge is 0.382 e. The lowest BCUT2D eigenvalue weighted by molar-refractivity contribution is 0.675. The quantitative estimate of drug-likeness (QED) is 0.348. The number of imidazole rings is 1. The van der Waals surface area contributed by atoms with Crippen molar-refractivity contribution in [2.75, 3.05) is 5.73 Å². The second-order valence-electron chi connectivity index (χ2n) is 7.80. The SMILES string of the molecule is C=C/C=C(\C)Sc1nc(C2=C(F)C3=NC(c4ccccc4)=CC=CC3C=C2)c2c(N)nccn12. The molecule has 2 aliphatic rings. The lowest BCUT2D eigenvalue weighted by Gasteiger charge is -2.17. The molecule has 2 N–H and O–H groups in total. The van der Waals surface area contributed by atoms with Gasteiger partial charge in [0.2, 0.25) is 0 Å². The highest BCUT2D eigenvalue weighted by Gasteiger charge is 2.28. The molecule has 0 saturated heterocycles. The van der Waals surface area contributed by atoms with Gasteiger partial charge in [0.1, 0.15) is 17.0 Å². The van der Waals surface area contributed by atoms with Crippen molar-refractivity contribution in [2.45, 2.75) is 12.1 Å². The number of nitrogen functional groups attached to an aromatic ring is 1. The molecule has 2 aromatic heterocycles. The number of allylic oxidation sites excluding steroid dienone is 10. The van der Waals surface area contributed by atoms with E-state index in [1.165, 1.54) is 11.8 Å². The summed E-state index contributed by atoms with van der Waals surface area (Å²) < 4.78 is 17.9. The molecular weight excluding hydrogens is 445 g/mol. The van der Waals surface area contributed by atoms with Crippen LogP contribution >= 0.6 is 11.8 Å². The molecule has 1 aliphatic carbocycles. The van der Waals surface area contributed by atoms with Crippen LogP contribution in [0.1, 0.15) is 18.2 Å². The Kier molecular flexibility index (Phi) is 5.86. The zero-order valence-corrected chi connectivity index (χ0v) is 19.3. The second-order valence-corrected chi connectivity index (χ2v) is 9.01. The number of anilines is 1. The van der Waals surface area contributed by atoms with E-state index in [9.17, 15) is 0 Å². The smallest absolute Gasteiger partial charge is 0.177 e. The van der Waals surface area contributed by atoms with Crippen molar-refractivity contribution in [1.29, 1.82) is 0 Å². The van der Waals surface area contributed by atoms with E-state index in [0.29, 0.717) is 33.3 Å². The average Bonchev–Trinajstić information content (AvgIpc) is 3.05. The van der Waals surface area contributed by atoms with Crippen LogP contribution in [0, 0.1) is 5.92 Å². The summed E-state index contributed by atoms with van der Waals surface area (Å²) >= 11 is 1.45. The Balaban J connectivity index is 1.66. The van der Waals surface area contributed by atoms with Gasteiger partial charge < -0.3 is 5.73 Å². The lowest BCUT2D eigenvalue weighted by atomic mass is 9.91. The number of nitrogens with zero attached hydrogens (tertiary/aromatic N) is 4. The first-order valence-corrected chi connectivity index (χ1v) is 11.6. The molecule has 168 valence electrons. The first-order chi connectivity index (χ1) is 16.6. The molecule has 34 heavy (non-hydrogen) atoms. The summed E-state index contributed by atoms with van der Waals surface area (Å²) in [4.78, 5) is 14.7. The number of nitrogens with two attached hydrogens (primary N) is 1. The van der Waals surface area contributed by atoms with Crippen LogP contribution in [0.3, 0.4) is 0 Å². The van der Waals surface area contributed by atoms with Gasteiger partial charge in [-0.15, -0.1) is 0 Å². The lowest BCUT2D eigenvalue weighted by Crippen LogP contribution is -2.15. The van der Waals surface area contributed by atoms with Crippen molar-refractivity contribution < 1.29 is 4.39 Å². The highest BCUT2D eigenvalue weighted by atomic mass is 32.2. The van der Waals surface area contributed by atoms with Gasteiger partial charge in [0.25, 0.3) is 0 Å². The van der Waals surface area contributed by atoms with Crippen molar-refractivity contribution in [3.8, 4) is 0 Å². The molecule has 0 radical (unpaired) electrons. The van der Waals surface area contributed by atoms with Crippen LogP contribution in [0.5, 0.6) is 0 Å². The number of rotatable bonds is 5. The number of thioether (sulfide) groups is 1. The Bertz CT molecular complexity index is 1470. The van der Waals surface area contributed by atoms with Gasteiger partial charge in [0.05, 0.1) is 11.4 Å². The summed E-state index contributed by atoms with van der Waals surface area (Å²) in [5.74, 6) is -0.401. The van der Waals surface area contributed by atoms with E-state index in [-0.39, 0.29) is 11.7 Å². The van der Waals surface area contributed by atoms with Crippen LogP contribution in [0.2, 0.25) is 0 Å². The van der Waals surface area contributed by atoms with Crippen LogP contribution in [-0.4, -0.2) is 20.1 Å². The van der Waals surface area contributed by atoms with Crippen LogP contribution in [0.15, 0.2) is 113 Å². The number of hydrogen-bond acceptors (Lipinski definition) is 5. The summed E-state index contributed by atoms with van der Waals surface area (Å²) in [6, 6.07) is 9.75. The minimum absolute atomic E-state index is 0.267. The summed E-state index contributed by atoms with van der Waals surface area (Å²) in [5.41, 5.74) is 9.55. The standard InChI is InChI=1S/C27H22FN5S/c1-3-8-17(2)34-27-32-24(25-26(29)30-15-16-33(25)27)20-14-13-19-11-7-12-21(31-23(19)22(20)28)18-9-5-4-6-10-18/h3-16,19H,1H2,2H3,(H2,29,30)/b17-8+. The van der Waals surface area contributed by atoms with E-state index in [4.69, 9.17) is 15.7 Å². The topological polar surface area (TPSA) is 68.6 Å². The molecule has 1 atom stereocenters. The summed E-state index contributed by atoms with van der Waals surface area (Å²) in [6.45, 7) is 5.71. The molecule has 1 unspecified atom stereocenters. The van der Waals surface area contributed by atoms with Gasteiger partial charge in [0.15, 0.2) is 11.0 Å². The molecular formula is C27H22FN5S. The van der Waals surface area contributed by atoms with Gasteiger partial charge in [-0.3, -0.25) is 4.40 Å². The van der Waals surface area contributed by atoms with Crippen molar-refractivity contribution in [3.05, 3.63) is 114 Å². The van der Waals surface area contributed by atoms with E-state index in [2.05, 4.69) is 11.6 Å². The number of hydrogen-bond donors (Lipinski definition) is 1. The molecule has 3 heterocycles. The van der Waals surface area contributed by atoms with Gasteiger partial charge in [-0.25, -0.2) is 19.4 Å². The summed E-state index contributed by atoms with van der Waals surface area (Å²) in [7, 11) is 0. The molecule has 5 rings (SSSR count). The third-order valence-corrected chi connectivity index (χ3v) is 6.47. The highest BCUT2D eigenvalue weighted by molar-refractivity contribution is 8.02. The minimum atomic E-state index is -0.418. The van der Waals surface area contributed by atoms with E-state index in [1.54, 1.807) is 24.5 Å². The Labute approximate surface area is 201 Å². The summed E-state index contributed by atoms with van der Waals surface area (Å²) in [6.07, 6.45) is 16.5. The molecule has 5 nitrogen and oxygen atoms in total. The van der Waals surface area contributed by atoms with Gasteiger partial charge in [-0.05, 0) is 17.9 Å². The minimum Gasteiger partial charge on any atom is -0.382 e. The fraction of sp³-hybridized carbons (Fsp3) is 0.0741. The fourth-order valence-corrected chi connectivity index (χ4v) is 4.79. The molecule has 0 fully saturated rings. The van der Waals surface area contributed by atoms with Crippen molar-refractivity contribution in [1.82, 2.24) is 14.4 Å².